The minimum absolute atomic E-state index is 0.153. The van der Waals surface area contributed by atoms with Crippen molar-refractivity contribution in [1.29, 1.82) is 0 Å². The Kier molecular flexibility index (Phi) is 7.81. The molecular weight excluding hydrogens is 499 g/mol. The molecule has 1 N–H and O–H groups in total. The van der Waals surface area contributed by atoms with Gasteiger partial charge in [0.2, 0.25) is 0 Å². The molecule has 1 aliphatic carbocycles. The number of rotatable bonds is 6. The maximum atomic E-state index is 15.1. The Morgan fingerprint density at radius 3 is 2.69 bits per heavy atom. The van der Waals surface area contributed by atoms with Gasteiger partial charge in [0.1, 0.15) is 18.0 Å². The number of ether oxygens (including phenoxy) is 2. The lowest BCUT2D eigenvalue weighted by Crippen LogP contribution is -2.26. The van der Waals surface area contributed by atoms with Crippen molar-refractivity contribution in [1.82, 2.24) is 0 Å². The molecule has 0 spiro atoms. The topological polar surface area (TPSA) is 59.9 Å². The largest absolute Gasteiger partial charge is 0.486 e. The number of amidine groups is 1. The molecule has 0 saturated carbocycles. The van der Waals surface area contributed by atoms with Crippen LogP contribution in [0.1, 0.15) is 50.8 Å². The monoisotopic (exact) mass is 528 g/mol. The lowest BCUT2D eigenvalue weighted by atomic mass is 9.76. The van der Waals surface area contributed by atoms with Crippen molar-refractivity contribution in [3.63, 3.8) is 0 Å². The Labute approximate surface area is 220 Å². The van der Waals surface area contributed by atoms with Gasteiger partial charge in [-0.05, 0) is 55.7 Å². The molecule has 2 aromatic rings. The zero-order chi connectivity index (χ0) is 25.9. The second-order valence-electron chi connectivity index (χ2n) is 10.1. The van der Waals surface area contributed by atoms with Gasteiger partial charge in [-0.2, -0.15) is 0 Å². The highest BCUT2D eigenvalue weighted by atomic mass is 35.5. The summed E-state index contributed by atoms with van der Waals surface area (Å²) in [7, 11) is 0. The van der Waals surface area contributed by atoms with Gasteiger partial charge in [-0.3, -0.25) is 9.79 Å². The van der Waals surface area contributed by atoms with E-state index in [1.165, 1.54) is 11.8 Å². The van der Waals surface area contributed by atoms with Crippen molar-refractivity contribution in [2.24, 2.45) is 4.99 Å². The average Bonchev–Trinajstić information content (AvgIpc) is 2.81. The summed E-state index contributed by atoms with van der Waals surface area (Å²) in [5, 5.41) is 4.42. The molecule has 0 radical (unpaired) electrons. The van der Waals surface area contributed by atoms with Crippen molar-refractivity contribution in [3.05, 3.63) is 87.9 Å². The number of hydrogen-bond donors (Lipinski definition) is 1. The van der Waals surface area contributed by atoms with Crippen LogP contribution in [0, 0.1) is 0 Å². The number of fused-ring (bicyclic) bond motifs is 1. The molecule has 2 aliphatic rings. The maximum absolute atomic E-state index is 15.1. The van der Waals surface area contributed by atoms with E-state index in [1.807, 2.05) is 76.2 Å². The van der Waals surface area contributed by atoms with Gasteiger partial charge in [0, 0.05) is 22.5 Å². The van der Waals surface area contributed by atoms with Crippen LogP contribution in [-0.4, -0.2) is 22.5 Å². The van der Waals surface area contributed by atoms with Gasteiger partial charge in [-0.1, -0.05) is 66.7 Å². The number of thioether (sulfide) groups is 1. The smallest absolute Gasteiger partial charge is 0.316 e. The minimum atomic E-state index is -0.620. The third-order valence-electron chi connectivity index (χ3n) is 5.82. The number of anilines is 1. The molecule has 1 aliphatic heterocycles. The summed E-state index contributed by atoms with van der Waals surface area (Å²) >= 11 is 7.98. The van der Waals surface area contributed by atoms with E-state index < -0.39 is 11.0 Å². The first-order valence-corrected chi connectivity index (χ1v) is 13.1. The van der Waals surface area contributed by atoms with Gasteiger partial charge in [0.25, 0.3) is 0 Å². The number of esters is 1. The van der Waals surface area contributed by atoms with Crippen molar-refractivity contribution >= 4 is 40.2 Å². The van der Waals surface area contributed by atoms with Gasteiger partial charge in [-0.25, -0.2) is 4.39 Å². The summed E-state index contributed by atoms with van der Waals surface area (Å²) in [5.41, 5.74) is 2.46. The second kappa shape index (κ2) is 10.7. The van der Waals surface area contributed by atoms with Crippen LogP contribution in [0.3, 0.4) is 0 Å². The summed E-state index contributed by atoms with van der Waals surface area (Å²) in [4.78, 5) is 16.6. The van der Waals surface area contributed by atoms with E-state index in [0.717, 1.165) is 22.4 Å². The molecule has 0 aromatic heterocycles. The van der Waals surface area contributed by atoms with E-state index in [2.05, 4.69) is 10.3 Å². The number of benzene rings is 2. The van der Waals surface area contributed by atoms with Crippen LogP contribution in [0.25, 0.3) is 0 Å². The van der Waals surface area contributed by atoms with Crippen LogP contribution in [-0.2, 0) is 32.8 Å². The highest BCUT2D eigenvalue weighted by Gasteiger charge is 2.33. The van der Waals surface area contributed by atoms with Crippen molar-refractivity contribution < 1.29 is 18.7 Å². The highest BCUT2D eigenvalue weighted by Crippen LogP contribution is 2.43. The van der Waals surface area contributed by atoms with Gasteiger partial charge in [0.05, 0.1) is 12.3 Å². The summed E-state index contributed by atoms with van der Waals surface area (Å²) < 4.78 is 26.2. The van der Waals surface area contributed by atoms with E-state index in [9.17, 15) is 4.79 Å². The van der Waals surface area contributed by atoms with E-state index >= 15 is 4.39 Å². The quantitative estimate of drug-likeness (QED) is 0.398. The van der Waals surface area contributed by atoms with E-state index in [0.29, 0.717) is 23.3 Å². The molecule has 190 valence electrons. The fourth-order valence-electron chi connectivity index (χ4n) is 4.06. The number of halogens is 2. The zero-order valence-electron chi connectivity index (χ0n) is 20.9. The second-order valence-corrected chi connectivity index (χ2v) is 11.5. The third kappa shape index (κ3) is 6.51. The number of aliphatic imine (C=N–C) groups is 1. The number of nitrogens with zero attached hydrogens (tertiary/aromatic N) is 1. The van der Waals surface area contributed by atoms with E-state index in [4.69, 9.17) is 21.1 Å². The minimum Gasteiger partial charge on any atom is -0.486 e. The Morgan fingerprint density at radius 2 is 2.00 bits per heavy atom. The van der Waals surface area contributed by atoms with E-state index in [1.54, 1.807) is 6.08 Å². The molecular formula is C28H30ClFN2O3S. The van der Waals surface area contributed by atoms with Gasteiger partial charge in [0.15, 0.2) is 10.9 Å². The van der Waals surface area contributed by atoms with Crippen LogP contribution in [0.5, 0.6) is 0 Å². The molecule has 8 heteroatoms. The molecule has 0 bridgehead atoms. The van der Waals surface area contributed by atoms with Crippen molar-refractivity contribution in [3.8, 4) is 0 Å². The molecule has 5 nitrogen and oxygen atoms in total. The lowest BCUT2D eigenvalue weighted by Gasteiger charge is -2.32. The summed E-state index contributed by atoms with van der Waals surface area (Å²) in [5.74, 6) is -0.187. The normalized spacial score (nSPS) is 19.3. The first-order valence-electron chi connectivity index (χ1n) is 11.8. The molecule has 0 fully saturated rings. The molecule has 36 heavy (non-hydrogen) atoms. The number of hydrogen-bond acceptors (Lipinski definition) is 6. The van der Waals surface area contributed by atoms with Crippen LogP contribution in [0.2, 0.25) is 5.02 Å². The Bertz CT molecular complexity index is 1240. The highest BCUT2D eigenvalue weighted by molar-refractivity contribution is 8.14. The number of carbonyl (C=O) groups is 1. The lowest BCUT2D eigenvalue weighted by molar-refractivity contribution is -0.151. The van der Waals surface area contributed by atoms with Crippen LogP contribution < -0.4 is 5.32 Å². The first-order chi connectivity index (χ1) is 17.0. The standard InChI is InChI=1S/C28H30ClFN2O3S/c1-27(2,3)35-25(33)17-36-26-31-15-19-12-20(21(29)13-23(19)32-26)28(4)11-10-24(22(30)14-28)34-16-18-8-6-5-7-9-18/h5-13H,14-17H2,1-4H3,(H,31,32). The number of nitrogens with one attached hydrogen (secondary N) is 1. The molecule has 1 heterocycles. The molecule has 2 aromatic carbocycles. The third-order valence-corrected chi connectivity index (χ3v) is 7.02. The molecule has 1 unspecified atom stereocenters. The predicted molar refractivity (Wildman–Crippen MR) is 145 cm³/mol. The van der Waals surface area contributed by atoms with E-state index in [-0.39, 0.29) is 29.7 Å². The average molecular weight is 529 g/mol. The van der Waals surface area contributed by atoms with Gasteiger partial charge in [-0.15, -0.1) is 0 Å². The molecule has 4 rings (SSSR count). The van der Waals surface area contributed by atoms with Crippen LogP contribution >= 0.6 is 23.4 Å². The SMILES string of the molecule is CC(C)(C)OC(=O)CSC1=NCc2cc(C3(C)C=CC(OCc4ccccc4)=C(F)C3)c(Cl)cc2N1. The summed E-state index contributed by atoms with van der Waals surface area (Å²) in [6.07, 6.45) is 3.80. The van der Waals surface area contributed by atoms with Gasteiger partial charge < -0.3 is 14.8 Å². The first kappa shape index (κ1) is 26.3. The van der Waals surface area contributed by atoms with Gasteiger partial charge >= 0.3 is 5.97 Å². The summed E-state index contributed by atoms with van der Waals surface area (Å²) in [6, 6.07) is 13.5. The molecule has 0 amide bonds. The fourth-order valence-corrected chi connectivity index (χ4v) is 5.09. The van der Waals surface area contributed by atoms with Crippen molar-refractivity contribution in [2.45, 2.75) is 58.3 Å². The predicted octanol–water partition coefficient (Wildman–Crippen LogP) is 7.31. The maximum Gasteiger partial charge on any atom is 0.316 e. The Balaban J connectivity index is 1.42. The van der Waals surface area contributed by atoms with Crippen LogP contribution in [0.4, 0.5) is 10.1 Å². The van der Waals surface area contributed by atoms with Crippen molar-refractivity contribution in [2.75, 3.05) is 11.1 Å². The number of carbonyl (C=O) groups excluding carboxylic acids is 1. The molecule has 0 saturated heterocycles. The fraction of sp³-hybridized carbons (Fsp3) is 0.357. The Morgan fingerprint density at radius 1 is 1.25 bits per heavy atom. The zero-order valence-corrected chi connectivity index (χ0v) is 22.4. The summed E-state index contributed by atoms with van der Waals surface area (Å²) in [6.45, 7) is 8.22. The number of allylic oxidation sites excluding steroid dienone is 3. The molecule has 1 atom stereocenters. The Hall–Kier alpha value is -2.77. The van der Waals surface area contributed by atoms with Crippen LogP contribution in [0.15, 0.2) is 71.2 Å².